The molecule has 5 nitrogen and oxygen atoms in total. The summed E-state index contributed by atoms with van der Waals surface area (Å²) < 4.78 is 0. The highest BCUT2D eigenvalue weighted by Gasteiger charge is 2.26. The topological polar surface area (TPSA) is 86.6 Å². The van der Waals surface area contributed by atoms with E-state index in [1.807, 2.05) is 6.92 Å². The van der Waals surface area contributed by atoms with Crippen LogP contribution >= 0.6 is 11.6 Å². The van der Waals surface area contributed by atoms with E-state index in [2.05, 4.69) is 5.32 Å². The van der Waals surface area contributed by atoms with E-state index in [0.717, 1.165) is 0 Å². The van der Waals surface area contributed by atoms with E-state index in [0.29, 0.717) is 12.8 Å². The van der Waals surface area contributed by atoms with Gasteiger partial charge in [-0.2, -0.15) is 0 Å². The lowest BCUT2D eigenvalue weighted by molar-refractivity contribution is -0.144. The van der Waals surface area contributed by atoms with Gasteiger partial charge in [-0.05, 0) is 6.42 Å². The van der Waals surface area contributed by atoms with Gasteiger partial charge in [0.15, 0.2) is 6.04 Å². The van der Waals surface area contributed by atoms with Crippen LogP contribution in [0.4, 0.5) is 0 Å². The summed E-state index contributed by atoms with van der Waals surface area (Å²) in [4.78, 5) is 21.5. The second-order valence-corrected chi connectivity index (χ2v) is 3.14. The number of hydrogen-bond donors (Lipinski definition) is 3. The molecule has 2 atom stereocenters. The fourth-order valence-corrected chi connectivity index (χ4v) is 1.07. The normalized spacial score (nSPS) is 14.5. The van der Waals surface area contributed by atoms with Crippen molar-refractivity contribution >= 4 is 23.5 Å². The van der Waals surface area contributed by atoms with Gasteiger partial charge >= 0.3 is 5.97 Å². The number of halogens is 1. The number of carboxylic acid groups (broad SMARTS) is 1. The molecule has 14 heavy (non-hydrogen) atoms. The fourth-order valence-electron chi connectivity index (χ4n) is 0.997. The van der Waals surface area contributed by atoms with Crippen LogP contribution in [0.3, 0.4) is 0 Å². The smallest absolute Gasteiger partial charge is 0.328 e. The quantitative estimate of drug-likeness (QED) is 0.552. The molecule has 0 saturated carbocycles. The van der Waals surface area contributed by atoms with Gasteiger partial charge in [-0.25, -0.2) is 4.79 Å². The van der Waals surface area contributed by atoms with Gasteiger partial charge in [0, 0.05) is 0 Å². The number of aliphatic hydroxyl groups is 1. The summed E-state index contributed by atoms with van der Waals surface area (Å²) in [5.41, 5.74) is 0. The maximum atomic E-state index is 10.8. The molecule has 0 aromatic rings. The summed E-state index contributed by atoms with van der Waals surface area (Å²) >= 11 is 5.20. The summed E-state index contributed by atoms with van der Waals surface area (Å²) in [6, 6.07) is -1.28. The van der Waals surface area contributed by atoms with Crippen molar-refractivity contribution in [2.24, 2.45) is 0 Å². The summed E-state index contributed by atoms with van der Waals surface area (Å²) in [5.74, 6) is -2.18. The molecule has 0 bridgehead atoms. The molecular weight excluding hydrogens is 210 g/mol. The van der Waals surface area contributed by atoms with Gasteiger partial charge < -0.3 is 15.5 Å². The molecule has 6 heteroatoms. The number of alkyl halides is 1. The molecule has 1 unspecified atom stereocenters. The summed E-state index contributed by atoms with van der Waals surface area (Å²) in [6.07, 6.45) is -0.119. The standard InChI is InChI=1S/C8H14ClNO4/c1-2-3-5(11)7(8(13)14)10-6(12)4-9/h5,7,11H,2-4H2,1H3,(H,10,12)(H,13,14)/t5?,7-/m0/s1. The monoisotopic (exact) mass is 223 g/mol. The minimum Gasteiger partial charge on any atom is -0.480 e. The number of carboxylic acids is 1. The number of aliphatic hydroxyl groups excluding tert-OH is 1. The Morgan fingerprint density at radius 3 is 2.43 bits per heavy atom. The number of hydrogen-bond acceptors (Lipinski definition) is 3. The number of amides is 1. The van der Waals surface area contributed by atoms with Crippen LogP contribution in [0.2, 0.25) is 0 Å². The predicted octanol–water partition coefficient (Wildman–Crippen LogP) is -0.0444. The van der Waals surface area contributed by atoms with Crippen LogP contribution in [-0.2, 0) is 9.59 Å². The van der Waals surface area contributed by atoms with Crippen molar-refractivity contribution in [2.45, 2.75) is 31.9 Å². The average Bonchev–Trinajstić information content (AvgIpc) is 2.13. The molecule has 3 N–H and O–H groups in total. The van der Waals surface area contributed by atoms with Crippen molar-refractivity contribution in [3.63, 3.8) is 0 Å². The first-order valence-corrected chi connectivity index (χ1v) is 4.82. The molecule has 1 amide bonds. The molecule has 0 saturated heterocycles. The maximum Gasteiger partial charge on any atom is 0.328 e. The highest BCUT2D eigenvalue weighted by atomic mass is 35.5. The van der Waals surface area contributed by atoms with Gasteiger partial charge in [-0.3, -0.25) is 4.79 Å². The molecule has 0 rings (SSSR count). The lowest BCUT2D eigenvalue weighted by Gasteiger charge is -2.19. The minimum atomic E-state index is -1.28. The molecule has 0 spiro atoms. The zero-order valence-corrected chi connectivity index (χ0v) is 8.62. The second kappa shape index (κ2) is 6.62. The predicted molar refractivity (Wildman–Crippen MR) is 51.2 cm³/mol. The van der Waals surface area contributed by atoms with Crippen LogP contribution < -0.4 is 5.32 Å². The lowest BCUT2D eigenvalue weighted by atomic mass is 10.1. The van der Waals surface area contributed by atoms with Gasteiger partial charge in [0.2, 0.25) is 5.91 Å². The van der Waals surface area contributed by atoms with Crippen LogP contribution in [-0.4, -0.2) is 40.1 Å². The summed E-state index contributed by atoms with van der Waals surface area (Å²) in [6.45, 7) is 1.81. The number of rotatable bonds is 6. The highest BCUT2D eigenvalue weighted by molar-refractivity contribution is 6.27. The van der Waals surface area contributed by atoms with Gasteiger partial charge in [0.05, 0.1) is 6.10 Å². The van der Waals surface area contributed by atoms with Gasteiger partial charge in [-0.1, -0.05) is 13.3 Å². The summed E-state index contributed by atoms with van der Waals surface area (Å²) in [7, 11) is 0. The Hall–Kier alpha value is -0.810. The first kappa shape index (κ1) is 13.2. The Morgan fingerprint density at radius 1 is 1.50 bits per heavy atom. The van der Waals surface area contributed by atoms with E-state index in [-0.39, 0.29) is 5.88 Å². The third-order valence-electron chi connectivity index (χ3n) is 1.67. The number of carbonyl (C=O) groups excluding carboxylic acids is 1. The largest absolute Gasteiger partial charge is 0.480 e. The van der Waals surface area contributed by atoms with Crippen LogP contribution in [0, 0.1) is 0 Å². The molecule has 0 aromatic carbocycles. The minimum absolute atomic E-state index is 0.317. The molecule has 0 radical (unpaired) electrons. The van der Waals surface area contributed by atoms with E-state index in [9.17, 15) is 14.7 Å². The molecule has 0 aliphatic rings. The maximum absolute atomic E-state index is 10.8. The number of carbonyl (C=O) groups is 2. The van der Waals surface area contributed by atoms with Crippen LogP contribution in [0.1, 0.15) is 19.8 Å². The van der Waals surface area contributed by atoms with Crippen LogP contribution in [0.15, 0.2) is 0 Å². The first-order valence-electron chi connectivity index (χ1n) is 4.29. The van der Waals surface area contributed by atoms with Crippen LogP contribution in [0.5, 0.6) is 0 Å². The fraction of sp³-hybridized carbons (Fsp3) is 0.750. The third kappa shape index (κ3) is 4.43. The second-order valence-electron chi connectivity index (χ2n) is 2.87. The van der Waals surface area contributed by atoms with Crippen molar-refractivity contribution in [1.82, 2.24) is 5.32 Å². The van der Waals surface area contributed by atoms with Crippen molar-refractivity contribution < 1.29 is 19.8 Å². The zero-order valence-electron chi connectivity index (χ0n) is 7.86. The molecular formula is C8H14ClNO4. The van der Waals surface area contributed by atoms with Gasteiger partial charge in [0.25, 0.3) is 0 Å². The molecule has 0 heterocycles. The molecule has 0 aliphatic carbocycles. The van der Waals surface area contributed by atoms with Gasteiger partial charge in [-0.15, -0.1) is 11.6 Å². The number of aliphatic carboxylic acids is 1. The van der Waals surface area contributed by atoms with E-state index in [4.69, 9.17) is 16.7 Å². The third-order valence-corrected chi connectivity index (χ3v) is 1.92. The number of nitrogens with one attached hydrogen (secondary N) is 1. The molecule has 0 aliphatic heterocycles. The first-order chi connectivity index (χ1) is 6.52. The Bertz CT molecular complexity index is 210. The van der Waals surface area contributed by atoms with E-state index < -0.39 is 24.0 Å². The van der Waals surface area contributed by atoms with Crippen molar-refractivity contribution in [3.8, 4) is 0 Å². The van der Waals surface area contributed by atoms with Crippen molar-refractivity contribution in [3.05, 3.63) is 0 Å². The Balaban J connectivity index is 4.28. The molecule has 0 fully saturated rings. The zero-order chi connectivity index (χ0) is 11.1. The average molecular weight is 224 g/mol. The van der Waals surface area contributed by atoms with Crippen molar-refractivity contribution in [2.75, 3.05) is 5.88 Å². The van der Waals surface area contributed by atoms with E-state index in [1.54, 1.807) is 0 Å². The van der Waals surface area contributed by atoms with E-state index >= 15 is 0 Å². The lowest BCUT2D eigenvalue weighted by Crippen LogP contribution is -2.49. The Labute approximate surface area is 87.1 Å². The molecule has 0 aromatic heterocycles. The Morgan fingerprint density at radius 2 is 2.07 bits per heavy atom. The highest BCUT2D eigenvalue weighted by Crippen LogP contribution is 2.02. The van der Waals surface area contributed by atoms with E-state index in [1.165, 1.54) is 0 Å². The summed E-state index contributed by atoms with van der Waals surface area (Å²) in [5, 5.41) is 20.2. The van der Waals surface area contributed by atoms with Gasteiger partial charge in [0.1, 0.15) is 5.88 Å². The molecule has 82 valence electrons. The van der Waals surface area contributed by atoms with Crippen LogP contribution in [0.25, 0.3) is 0 Å². The SMILES string of the molecule is CCCC(O)[C@H](NC(=O)CCl)C(=O)O. The van der Waals surface area contributed by atoms with Crippen molar-refractivity contribution in [1.29, 1.82) is 0 Å². The Kier molecular flexibility index (Phi) is 6.23.